The molecule has 0 spiro atoms. The van der Waals surface area contributed by atoms with Crippen LogP contribution in [0.3, 0.4) is 0 Å². The fourth-order valence-electron chi connectivity index (χ4n) is 2.14. The van der Waals surface area contributed by atoms with Crippen LogP contribution < -0.4 is 4.80 Å². The molecule has 2 aromatic heterocycles. The van der Waals surface area contributed by atoms with E-state index in [1.807, 2.05) is 41.1 Å². The molecule has 0 aliphatic heterocycles. The third-order valence-corrected chi connectivity index (χ3v) is 7.73. The molecule has 24 heavy (non-hydrogen) atoms. The lowest BCUT2D eigenvalue weighted by Gasteiger charge is -2.06. The van der Waals surface area contributed by atoms with Crippen LogP contribution in [0.15, 0.2) is 54.9 Å². The van der Waals surface area contributed by atoms with Gasteiger partial charge in [0.2, 0.25) is 4.80 Å². The molecule has 0 bridgehead atoms. The molecule has 0 unspecified atom stereocenters. The summed E-state index contributed by atoms with van der Waals surface area (Å²) in [6.45, 7) is 2.58. The van der Waals surface area contributed by atoms with Crippen molar-refractivity contribution in [2.24, 2.45) is 4.40 Å². The zero-order valence-electron chi connectivity index (χ0n) is 12.4. The molecule has 1 aromatic carbocycles. The van der Waals surface area contributed by atoms with Gasteiger partial charge in [0, 0.05) is 16.4 Å². The molecule has 3 rings (SSSR count). The average Bonchev–Trinajstić information content (AvgIpc) is 3.14. The van der Waals surface area contributed by atoms with Crippen LogP contribution in [0.2, 0.25) is 4.34 Å². The highest BCUT2D eigenvalue weighted by atomic mass is 79.9. The number of nitrogens with zero attached hydrogens (tertiary/aromatic N) is 2. The van der Waals surface area contributed by atoms with E-state index in [1.165, 1.54) is 17.4 Å². The molecule has 0 fully saturated rings. The summed E-state index contributed by atoms with van der Waals surface area (Å²) >= 11 is 11.6. The van der Waals surface area contributed by atoms with E-state index in [-0.39, 0.29) is 4.21 Å². The van der Waals surface area contributed by atoms with Crippen molar-refractivity contribution in [2.45, 2.75) is 17.7 Å². The molecule has 4 nitrogen and oxygen atoms in total. The third-order valence-electron chi connectivity index (χ3n) is 3.25. The van der Waals surface area contributed by atoms with Crippen LogP contribution in [-0.4, -0.2) is 13.0 Å². The highest BCUT2D eigenvalue weighted by molar-refractivity contribution is 9.10. The van der Waals surface area contributed by atoms with E-state index in [2.05, 4.69) is 20.3 Å². The standard InChI is InChI=1S/C15H12BrClN2O2S3/c1-2-19-12(10-3-5-11(16)6-4-10)9-22-15(19)18-24(20,21)14-8-7-13(17)23-14/h3-9H,2H2,1H3/b18-15+. The molecule has 0 aliphatic rings. The minimum atomic E-state index is -3.76. The summed E-state index contributed by atoms with van der Waals surface area (Å²) in [4.78, 5) is 0.444. The van der Waals surface area contributed by atoms with Gasteiger partial charge in [0.15, 0.2) is 0 Å². The van der Waals surface area contributed by atoms with Crippen molar-refractivity contribution in [3.8, 4) is 11.3 Å². The van der Waals surface area contributed by atoms with Gasteiger partial charge in [0.25, 0.3) is 10.0 Å². The van der Waals surface area contributed by atoms with E-state index >= 15 is 0 Å². The molecule has 9 heteroatoms. The number of sulfonamides is 1. The van der Waals surface area contributed by atoms with Gasteiger partial charge in [-0.1, -0.05) is 39.7 Å². The number of rotatable bonds is 4. The molecular formula is C15H12BrClN2O2S3. The SMILES string of the molecule is CCn1c(-c2ccc(Br)cc2)cs/c1=N/S(=O)(=O)c1ccc(Cl)s1. The summed E-state index contributed by atoms with van der Waals surface area (Å²) in [6.07, 6.45) is 0. The van der Waals surface area contributed by atoms with Crippen LogP contribution in [0, 0.1) is 0 Å². The Morgan fingerprint density at radius 2 is 1.92 bits per heavy atom. The number of thiophene rings is 1. The Morgan fingerprint density at radius 3 is 2.50 bits per heavy atom. The zero-order valence-corrected chi connectivity index (χ0v) is 17.2. The molecule has 0 saturated carbocycles. The fourth-order valence-corrected chi connectivity index (χ4v) is 6.06. The first-order valence-electron chi connectivity index (χ1n) is 6.91. The van der Waals surface area contributed by atoms with Gasteiger partial charge in [-0.25, -0.2) is 0 Å². The van der Waals surface area contributed by atoms with Gasteiger partial charge in [-0.15, -0.1) is 27.1 Å². The van der Waals surface area contributed by atoms with Gasteiger partial charge in [0.1, 0.15) is 4.21 Å². The second kappa shape index (κ2) is 7.13. The van der Waals surface area contributed by atoms with Crippen LogP contribution in [0.25, 0.3) is 11.3 Å². The number of hydrogen-bond acceptors (Lipinski definition) is 4. The third kappa shape index (κ3) is 3.67. The lowest BCUT2D eigenvalue weighted by molar-refractivity contribution is 0.597. The number of hydrogen-bond donors (Lipinski definition) is 0. The Labute approximate surface area is 161 Å². The molecule has 0 radical (unpaired) electrons. The second-order valence-electron chi connectivity index (χ2n) is 4.78. The second-order valence-corrected chi connectivity index (χ2v) is 10.1. The topological polar surface area (TPSA) is 51.4 Å². The van der Waals surface area contributed by atoms with Crippen molar-refractivity contribution in [1.82, 2.24) is 4.57 Å². The highest BCUT2D eigenvalue weighted by Gasteiger charge is 2.17. The Kier molecular flexibility index (Phi) is 5.31. The first kappa shape index (κ1) is 17.9. The Bertz CT molecular complexity index is 1030. The minimum absolute atomic E-state index is 0.147. The Hall–Kier alpha value is -0.930. The van der Waals surface area contributed by atoms with E-state index in [1.54, 1.807) is 6.07 Å². The van der Waals surface area contributed by atoms with E-state index in [4.69, 9.17) is 11.6 Å². The van der Waals surface area contributed by atoms with Crippen molar-refractivity contribution in [3.63, 3.8) is 0 Å². The predicted octanol–water partition coefficient (Wildman–Crippen LogP) is 5.00. The van der Waals surface area contributed by atoms with Crippen molar-refractivity contribution in [1.29, 1.82) is 0 Å². The number of aromatic nitrogens is 1. The molecule has 3 aromatic rings. The molecule has 2 heterocycles. The maximum absolute atomic E-state index is 12.4. The van der Waals surface area contributed by atoms with Crippen molar-refractivity contribution < 1.29 is 8.42 Å². The summed E-state index contributed by atoms with van der Waals surface area (Å²) in [5, 5.41) is 1.92. The molecule has 0 N–H and O–H groups in total. The van der Waals surface area contributed by atoms with E-state index in [0.29, 0.717) is 15.7 Å². The highest BCUT2D eigenvalue weighted by Crippen LogP contribution is 2.27. The van der Waals surface area contributed by atoms with Gasteiger partial charge in [-0.05, 0) is 36.8 Å². The van der Waals surface area contributed by atoms with Crippen LogP contribution >= 0.6 is 50.2 Å². The van der Waals surface area contributed by atoms with E-state index in [0.717, 1.165) is 27.1 Å². The van der Waals surface area contributed by atoms with Gasteiger partial charge >= 0.3 is 0 Å². The molecule has 0 amide bonds. The molecule has 0 aliphatic carbocycles. The maximum atomic E-state index is 12.4. The monoisotopic (exact) mass is 462 g/mol. The number of halogens is 2. The van der Waals surface area contributed by atoms with Gasteiger partial charge in [0.05, 0.1) is 10.0 Å². The fraction of sp³-hybridized carbons (Fsp3) is 0.133. The Morgan fingerprint density at radius 1 is 1.21 bits per heavy atom. The van der Waals surface area contributed by atoms with E-state index < -0.39 is 10.0 Å². The first-order chi connectivity index (χ1) is 11.4. The van der Waals surface area contributed by atoms with Crippen LogP contribution in [0.1, 0.15) is 6.92 Å². The quantitative estimate of drug-likeness (QED) is 0.546. The maximum Gasteiger partial charge on any atom is 0.294 e. The van der Waals surface area contributed by atoms with Gasteiger partial charge < -0.3 is 4.57 Å². The summed E-state index contributed by atoms with van der Waals surface area (Å²) in [7, 11) is -3.76. The van der Waals surface area contributed by atoms with Gasteiger partial charge in [-0.3, -0.25) is 0 Å². The van der Waals surface area contributed by atoms with Crippen LogP contribution in [0.5, 0.6) is 0 Å². The molecule has 0 saturated heterocycles. The minimum Gasteiger partial charge on any atom is -0.316 e. The van der Waals surface area contributed by atoms with Crippen molar-refractivity contribution in [3.05, 3.63) is 55.4 Å². The largest absolute Gasteiger partial charge is 0.316 e. The lowest BCUT2D eigenvalue weighted by atomic mass is 10.2. The summed E-state index contributed by atoms with van der Waals surface area (Å²) in [5.74, 6) is 0. The molecule has 126 valence electrons. The first-order valence-corrected chi connectivity index (χ1v) is 11.2. The molecular weight excluding hydrogens is 452 g/mol. The summed E-state index contributed by atoms with van der Waals surface area (Å²) in [5.41, 5.74) is 1.95. The van der Waals surface area contributed by atoms with E-state index in [9.17, 15) is 8.42 Å². The van der Waals surface area contributed by atoms with Crippen molar-refractivity contribution >= 4 is 60.2 Å². The van der Waals surface area contributed by atoms with Gasteiger partial charge in [-0.2, -0.15) is 8.42 Å². The lowest BCUT2D eigenvalue weighted by Crippen LogP contribution is -2.17. The molecule has 0 atom stereocenters. The average molecular weight is 464 g/mol. The number of benzene rings is 1. The smallest absolute Gasteiger partial charge is 0.294 e. The normalized spacial score (nSPS) is 12.7. The predicted molar refractivity (Wildman–Crippen MR) is 103 cm³/mol. The summed E-state index contributed by atoms with van der Waals surface area (Å²) < 4.78 is 32.4. The van der Waals surface area contributed by atoms with Crippen molar-refractivity contribution in [2.75, 3.05) is 0 Å². The number of thiazole rings is 1. The Balaban J connectivity index is 2.11. The van der Waals surface area contributed by atoms with Crippen LogP contribution in [0.4, 0.5) is 0 Å². The zero-order chi connectivity index (χ0) is 17.3. The summed E-state index contributed by atoms with van der Waals surface area (Å²) in [6, 6.07) is 10.9. The van der Waals surface area contributed by atoms with Crippen LogP contribution in [-0.2, 0) is 16.6 Å².